The van der Waals surface area contributed by atoms with E-state index in [9.17, 15) is 4.79 Å². The summed E-state index contributed by atoms with van der Waals surface area (Å²) in [6.45, 7) is 12.6. The van der Waals surface area contributed by atoms with Crippen LogP contribution in [0.15, 0.2) is 0 Å². The number of aromatic nitrogens is 3. The van der Waals surface area contributed by atoms with Gasteiger partial charge in [0.2, 0.25) is 5.82 Å². The third-order valence-electron chi connectivity index (χ3n) is 3.99. The van der Waals surface area contributed by atoms with E-state index in [-0.39, 0.29) is 23.2 Å². The molecule has 6 heteroatoms. The minimum atomic E-state index is -0.176. The Morgan fingerprint density at radius 1 is 1.33 bits per heavy atom. The van der Waals surface area contributed by atoms with Gasteiger partial charge in [0.25, 0.3) is 5.91 Å². The lowest BCUT2D eigenvalue weighted by molar-refractivity contribution is 0.0890. The maximum Gasteiger partial charge on any atom is 0.291 e. The second-order valence-electron chi connectivity index (χ2n) is 7.14. The first-order valence-electron chi connectivity index (χ1n) is 7.75. The average molecular weight is 293 g/mol. The number of carbonyl (C=O) groups excluding carboxylic acids is 1. The van der Waals surface area contributed by atoms with Gasteiger partial charge in [-0.1, -0.05) is 20.8 Å². The van der Waals surface area contributed by atoms with E-state index in [2.05, 4.69) is 39.2 Å². The Balaban J connectivity index is 1.89. The second kappa shape index (κ2) is 6.13. The first-order valence-corrected chi connectivity index (χ1v) is 7.75. The zero-order chi connectivity index (χ0) is 15.6. The van der Waals surface area contributed by atoms with Crippen molar-refractivity contribution >= 4 is 5.91 Å². The Hall–Kier alpha value is -1.43. The number of amides is 1. The van der Waals surface area contributed by atoms with Gasteiger partial charge < -0.3 is 10.2 Å². The Kier molecular flexibility index (Phi) is 4.66. The molecule has 0 aliphatic carbocycles. The quantitative estimate of drug-likeness (QED) is 0.889. The highest BCUT2D eigenvalue weighted by Gasteiger charge is 2.25. The van der Waals surface area contributed by atoms with Gasteiger partial charge in [-0.05, 0) is 26.7 Å². The highest BCUT2D eigenvalue weighted by molar-refractivity contribution is 5.90. The van der Waals surface area contributed by atoms with Gasteiger partial charge in [0.1, 0.15) is 5.82 Å². The molecular weight excluding hydrogens is 266 g/mol. The van der Waals surface area contributed by atoms with Crippen molar-refractivity contribution in [3.63, 3.8) is 0 Å². The molecular formula is C15H27N5O. The van der Waals surface area contributed by atoms with Crippen LogP contribution in [0.5, 0.6) is 0 Å². The summed E-state index contributed by atoms with van der Waals surface area (Å²) in [5.74, 6) is 0.804. The summed E-state index contributed by atoms with van der Waals surface area (Å²) in [5, 5.41) is 9.94. The molecule has 1 fully saturated rings. The maximum atomic E-state index is 12.2. The Morgan fingerprint density at radius 2 is 1.95 bits per heavy atom. The molecule has 1 aromatic rings. The van der Waals surface area contributed by atoms with Gasteiger partial charge in [-0.15, -0.1) is 5.10 Å². The largest absolute Gasteiger partial charge is 0.346 e. The first kappa shape index (κ1) is 15.9. The highest BCUT2D eigenvalue weighted by atomic mass is 16.2. The Labute approximate surface area is 126 Å². The van der Waals surface area contributed by atoms with Gasteiger partial charge in [-0.25, -0.2) is 4.98 Å². The van der Waals surface area contributed by atoms with Crippen molar-refractivity contribution in [1.82, 2.24) is 25.4 Å². The van der Waals surface area contributed by atoms with E-state index < -0.39 is 0 Å². The van der Waals surface area contributed by atoms with Crippen molar-refractivity contribution in [3.8, 4) is 0 Å². The fourth-order valence-electron chi connectivity index (χ4n) is 2.51. The molecule has 2 rings (SSSR count). The van der Waals surface area contributed by atoms with Crippen LogP contribution < -0.4 is 5.32 Å². The highest BCUT2D eigenvalue weighted by Crippen LogP contribution is 2.17. The van der Waals surface area contributed by atoms with Crippen molar-refractivity contribution in [3.05, 3.63) is 11.6 Å². The van der Waals surface area contributed by atoms with Gasteiger partial charge in [-0.2, -0.15) is 0 Å². The molecule has 2 N–H and O–H groups in total. The molecule has 1 aliphatic rings. The number of aromatic amines is 1. The average Bonchev–Trinajstić information content (AvgIpc) is 2.88. The third-order valence-corrected chi connectivity index (χ3v) is 3.99. The summed E-state index contributed by atoms with van der Waals surface area (Å²) >= 11 is 0. The monoisotopic (exact) mass is 293 g/mol. The Bertz CT molecular complexity index is 480. The SMILES string of the molecule is CC(C)N1CCC(NC(=O)c2n[nH]c(C(C)(C)C)n2)CC1. The summed E-state index contributed by atoms with van der Waals surface area (Å²) in [6, 6.07) is 0.799. The summed E-state index contributed by atoms with van der Waals surface area (Å²) in [7, 11) is 0. The number of nitrogens with one attached hydrogen (secondary N) is 2. The molecule has 0 saturated carbocycles. The molecule has 6 nitrogen and oxygen atoms in total. The van der Waals surface area contributed by atoms with E-state index in [0.717, 1.165) is 31.8 Å². The zero-order valence-electron chi connectivity index (χ0n) is 13.7. The van der Waals surface area contributed by atoms with Crippen LogP contribution >= 0.6 is 0 Å². The lowest BCUT2D eigenvalue weighted by Gasteiger charge is -2.34. The number of hydrogen-bond acceptors (Lipinski definition) is 4. The molecule has 1 amide bonds. The lowest BCUT2D eigenvalue weighted by atomic mass is 9.96. The van der Waals surface area contributed by atoms with Gasteiger partial charge in [0, 0.05) is 30.6 Å². The van der Waals surface area contributed by atoms with Crippen molar-refractivity contribution in [2.45, 2.75) is 65.0 Å². The number of piperidine rings is 1. The summed E-state index contributed by atoms with van der Waals surface area (Å²) < 4.78 is 0. The van der Waals surface area contributed by atoms with E-state index in [1.54, 1.807) is 0 Å². The molecule has 21 heavy (non-hydrogen) atoms. The second-order valence-corrected chi connectivity index (χ2v) is 7.14. The van der Waals surface area contributed by atoms with Crippen LogP contribution in [0.1, 0.15) is 63.9 Å². The maximum absolute atomic E-state index is 12.2. The van der Waals surface area contributed by atoms with Crippen LogP contribution in [0.3, 0.4) is 0 Å². The van der Waals surface area contributed by atoms with Crippen molar-refractivity contribution in [2.75, 3.05) is 13.1 Å². The standard InChI is InChI=1S/C15H27N5O/c1-10(2)20-8-6-11(7-9-20)16-13(21)12-17-14(19-18-12)15(3,4)5/h10-11H,6-9H2,1-5H3,(H,16,21)(H,17,18,19). The fourth-order valence-corrected chi connectivity index (χ4v) is 2.51. The molecule has 0 spiro atoms. The minimum absolute atomic E-state index is 0.131. The molecule has 1 saturated heterocycles. The fraction of sp³-hybridized carbons (Fsp3) is 0.800. The van der Waals surface area contributed by atoms with Gasteiger partial charge in [0.15, 0.2) is 0 Å². The first-order chi connectivity index (χ1) is 9.77. The normalized spacial score (nSPS) is 18.2. The van der Waals surface area contributed by atoms with E-state index in [0.29, 0.717) is 6.04 Å². The van der Waals surface area contributed by atoms with Crippen molar-refractivity contribution in [1.29, 1.82) is 0 Å². The van der Waals surface area contributed by atoms with Crippen LogP contribution in [0.2, 0.25) is 0 Å². The molecule has 118 valence electrons. The van der Waals surface area contributed by atoms with Crippen molar-refractivity contribution in [2.24, 2.45) is 0 Å². The van der Waals surface area contributed by atoms with Crippen LogP contribution in [-0.4, -0.2) is 51.2 Å². The molecule has 0 aromatic carbocycles. The van der Waals surface area contributed by atoms with E-state index in [4.69, 9.17) is 0 Å². The molecule has 0 radical (unpaired) electrons. The molecule has 0 unspecified atom stereocenters. The number of nitrogens with zero attached hydrogens (tertiary/aromatic N) is 3. The predicted octanol–water partition coefficient (Wildman–Crippen LogP) is 1.70. The smallest absolute Gasteiger partial charge is 0.291 e. The molecule has 0 atom stereocenters. The summed E-state index contributed by atoms with van der Waals surface area (Å²) in [5.41, 5.74) is -0.131. The lowest BCUT2D eigenvalue weighted by Crippen LogP contribution is -2.46. The molecule has 2 heterocycles. The number of carbonyl (C=O) groups is 1. The van der Waals surface area contributed by atoms with Crippen molar-refractivity contribution < 1.29 is 4.79 Å². The number of H-pyrrole nitrogens is 1. The number of likely N-dealkylation sites (tertiary alicyclic amines) is 1. The molecule has 1 aromatic heterocycles. The van der Waals surface area contributed by atoms with Crippen LogP contribution in [0, 0.1) is 0 Å². The zero-order valence-corrected chi connectivity index (χ0v) is 13.7. The van der Waals surface area contributed by atoms with Crippen LogP contribution in [-0.2, 0) is 5.41 Å². The minimum Gasteiger partial charge on any atom is -0.346 e. The van der Waals surface area contributed by atoms with Gasteiger partial charge in [-0.3, -0.25) is 9.89 Å². The van der Waals surface area contributed by atoms with Crippen LogP contribution in [0.25, 0.3) is 0 Å². The van der Waals surface area contributed by atoms with Gasteiger partial charge in [0.05, 0.1) is 0 Å². The number of rotatable bonds is 3. The van der Waals surface area contributed by atoms with Crippen LogP contribution in [0.4, 0.5) is 0 Å². The third kappa shape index (κ3) is 4.03. The topological polar surface area (TPSA) is 73.9 Å². The summed E-state index contributed by atoms with van der Waals surface area (Å²) in [6.07, 6.45) is 1.97. The molecule has 1 aliphatic heterocycles. The van der Waals surface area contributed by atoms with E-state index >= 15 is 0 Å². The molecule has 0 bridgehead atoms. The predicted molar refractivity (Wildman–Crippen MR) is 82.3 cm³/mol. The number of hydrogen-bond donors (Lipinski definition) is 2. The van der Waals surface area contributed by atoms with E-state index in [1.165, 1.54) is 0 Å². The summed E-state index contributed by atoms with van der Waals surface area (Å²) in [4.78, 5) is 18.9. The Morgan fingerprint density at radius 3 is 2.43 bits per heavy atom. The van der Waals surface area contributed by atoms with E-state index in [1.807, 2.05) is 20.8 Å². The van der Waals surface area contributed by atoms with Gasteiger partial charge >= 0.3 is 0 Å².